The number of ether oxygens (including phenoxy) is 1. The van der Waals surface area contributed by atoms with E-state index in [0.717, 1.165) is 50.8 Å². The number of unbranched alkanes of at least 4 members (excludes halogenated alkanes) is 1. The van der Waals surface area contributed by atoms with Crippen molar-refractivity contribution in [3.8, 4) is 6.07 Å². The molecule has 4 nitrogen and oxygen atoms in total. The summed E-state index contributed by atoms with van der Waals surface area (Å²) in [4.78, 5) is 9.18. The van der Waals surface area contributed by atoms with Crippen LogP contribution in [0.4, 0.5) is 0 Å². The molecule has 2 aliphatic rings. The summed E-state index contributed by atoms with van der Waals surface area (Å²) in [5, 5.41) is 9.24. The predicted octanol–water partition coefficient (Wildman–Crippen LogP) is 5.43. The van der Waals surface area contributed by atoms with E-state index < -0.39 is 0 Å². The average Bonchev–Trinajstić information content (AvgIpc) is 3.20. The molecule has 3 heterocycles. The predicted molar refractivity (Wildman–Crippen MR) is 114 cm³/mol. The third kappa shape index (κ3) is 4.36. The minimum absolute atomic E-state index is 0.0817. The van der Waals surface area contributed by atoms with Gasteiger partial charge in [0.2, 0.25) is 0 Å². The molecule has 0 amide bonds. The standard InChI is InChI=1S/C25H31N3O/c1-20-22(17-26)16-21(18-28-20)8-2-4-10-24(23-9-3-7-14-27-23)13-15-29-25(19-24)11-5-6-12-25/h3,7,9,14,16,18H,2,4-6,8,10-13,15,19H2,1H3/t24-/m1/s1. The summed E-state index contributed by atoms with van der Waals surface area (Å²) < 4.78 is 6.35. The van der Waals surface area contributed by atoms with Crippen molar-refractivity contribution in [1.29, 1.82) is 5.26 Å². The Bertz CT molecular complexity index is 867. The molecule has 0 unspecified atom stereocenters. The van der Waals surface area contributed by atoms with E-state index in [1.165, 1.54) is 36.9 Å². The van der Waals surface area contributed by atoms with Crippen molar-refractivity contribution >= 4 is 0 Å². The van der Waals surface area contributed by atoms with Crippen LogP contribution in [-0.4, -0.2) is 22.2 Å². The lowest BCUT2D eigenvalue weighted by Crippen LogP contribution is -2.46. The molecule has 1 aliphatic carbocycles. The maximum Gasteiger partial charge on any atom is 0.101 e. The second-order valence-corrected chi connectivity index (χ2v) is 8.96. The van der Waals surface area contributed by atoms with Crippen LogP contribution >= 0.6 is 0 Å². The van der Waals surface area contributed by atoms with Crippen molar-refractivity contribution in [3.05, 3.63) is 59.2 Å². The first-order chi connectivity index (χ1) is 14.1. The molecule has 1 saturated heterocycles. The van der Waals surface area contributed by atoms with E-state index >= 15 is 0 Å². The lowest BCUT2D eigenvalue weighted by Gasteiger charge is -2.46. The molecule has 0 radical (unpaired) electrons. The molecule has 152 valence electrons. The van der Waals surface area contributed by atoms with Gasteiger partial charge in [0, 0.05) is 30.1 Å². The summed E-state index contributed by atoms with van der Waals surface area (Å²) in [5.41, 5.74) is 4.14. The van der Waals surface area contributed by atoms with Crippen LogP contribution in [0.3, 0.4) is 0 Å². The molecule has 1 saturated carbocycles. The Balaban J connectivity index is 1.45. The minimum Gasteiger partial charge on any atom is -0.375 e. The lowest BCUT2D eigenvalue weighted by atomic mass is 9.67. The molecule has 1 spiro atoms. The number of hydrogen-bond acceptors (Lipinski definition) is 4. The van der Waals surface area contributed by atoms with Crippen LogP contribution in [-0.2, 0) is 16.6 Å². The Hall–Kier alpha value is -2.25. The largest absolute Gasteiger partial charge is 0.375 e. The highest BCUT2D eigenvalue weighted by Crippen LogP contribution is 2.50. The zero-order chi connectivity index (χ0) is 20.2. The summed E-state index contributed by atoms with van der Waals surface area (Å²) in [6.45, 7) is 2.74. The highest BCUT2D eigenvalue weighted by molar-refractivity contribution is 5.35. The molecule has 2 aromatic rings. The molecule has 29 heavy (non-hydrogen) atoms. The van der Waals surface area contributed by atoms with Gasteiger partial charge in [0.25, 0.3) is 0 Å². The maximum absolute atomic E-state index is 9.24. The van der Waals surface area contributed by atoms with E-state index in [1.807, 2.05) is 31.5 Å². The van der Waals surface area contributed by atoms with E-state index in [-0.39, 0.29) is 11.0 Å². The third-order valence-corrected chi connectivity index (χ3v) is 7.01. The summed E-state index contributed by atoms with van der Waals surface area (Å²) >= 11 is 0. The fraction of sp³-hybridized carbons (Fsp3) is 0.560. The van der Waals surface area contributed by atoms with E-state index in [9.17, 15) is 5.26 Å². The van der Waals surface area contributed by atoms with Crippen LogP contribution < -0.4 is 0 Å². The average molecular weight is 390 g/mol. The fourth-order valence-corrected chi connectivity index (χ4v) is 5.41. The van der Waals surface area contributed by atoms with Crippen molar-refractivity contribution in [2.75, 3.05) is 6.61 Å². The molecular weight excluding hydrogens is 358 g/mol. The Labute approximate surface area is 174 Å². The van der Waals surface area contributed by atoms with Gasteiger partial charge in [-0.2, -0.15) is 5.26 Å². The Morgan fingerprint density at radius 3 is 2.76 bits per heavy atom. The summed E-state index contributed by atoms with van der Waals surface area (Å²) in [7, 11) is 0. The molecule has 4 heteroatoms. The normalized spacial score (nSPS) is 23.2. The van der Waals surface area contributed by atoms with Gasteiger partial charge in [0.1, 0.15) is 6.07 Å². The Morgan fingerprint density at radius 2 is 2.00 bits per heavy atom. The van der Waals surface area contributed by atoms with Gasteiger partial charge in [-0.3, -0.25) is 9.97 Å². The number of pyridine rings is 2. The number of nitriles is 1. The number of rotatable bonds is 6. The number of aryl methyl sites for hydroxylation is 2. The number of hydrogen-bond donors (Lipinski definition) is 0. The van der Waals surface area contributed by atoms with Crippen LogP contribution in [0.1, 0.15) is 80.3 Å². The van der Waals surface area contributed by atoms with Crippen LogP contribution in [0.25, 0.3) is 0 Å². The lowest BCUT2D eigenvalue weighted by molar-refractivity contribution is -0.104. The van der Waals surface area contributed by atoms with Gasteiger partial charge in [-0.1, -0.05) is 25.3 Å². The molecule has 1 aliphatic heterocycles. The van der Waals surface area contributed by atoms with Crippen molar-refractivity contribution in [2.24, 2.45) is 0 Å². The van der Waals surface area contributed by atoms with Crippen LogP contribution in [0, 0.1) is 18.3 Å². The molecule has 4 rings (SSSR count). The molecule has 0 bridgehead atoms. The first kappa shape index (κ1) is 20.0. The molecule has 1 atom stereocenters. The van der Waals surface area contributed by atoms with Gasteiger partial charge < -0.3 is 4.74 Å². The molecule has 2 fully saturated rings. The number of aromatic nitrogens is 2. The van der Waals surface area contributed by atoms with Gasteiger partial charge >= 0.3 is 0 Å². The van der Waals surface area contributed by atoms with Gasteiger partial charge in [0.05, 0.1) is 16.9 Å². The van der Waals surface area contributed by atoms with Crippen LogP contribution in [0.15, 0.2) is 36.7 Å². The zero-order valence-corrected chi connectivity index (χ0v) is 17.5. The summed E-state index contributed by atoms with van der Waals surface area (Å²) in [6, 6.07) is 10.6. The highest BCUT2D eigenvalue weighted by Gasteiger charge is 2.48. The summed E-state index contributed by atoms with van der Waals surface area (Å²) in [6.07, 6.45) is 15.4. The van der Waals surface area contributed by atoms with Crippen molar-refractivity contribution < 1.29 is 4.74 Å². The monoisotopic (exact) mass is 389 g/mol. The van der Waals surface area contributed by atoms with Crippen molar-refractivity contribution in [1.82, 2.24) is 9.97 Å². The zero-order valence-electron chi connectivity index (χ0n) is 17.5. The molecular formula is C25H31N3O. The Morgan fingerprint density at radius 1 is 1.14 bits per heavy atom. The van der Waals surface area contributed by atoms with Gasteiger partial charge in [-0.25, -0.2) is 0 Å². The molecule has 2 aromatic heterocycles. The molecule has 0 N–H and O–H groups in total. The van der Waals surface area contributed by atoms with Gasteiger partial charge in [-0.05, 0) is 75.6 Å². The SMILES string of the molecule is Cc1ncc(CCCC[C@@]2(c3ccccn3)CCOC3(CCCC3)C2)cc1C#N. The fourth-order valence-electron chi connectivity index (χ4n) is 5.41. The highest BCUT2D eigenvalue weighted by atomic mass is 16.5. The van der Waals surface area contributed by atoms with E-state index in [0.29, 0.717) is 5.56 Å². The van der Waals surface area contributed by atoms with Gasteiger partial charge in [-0.15, -0.1) is 0 Å². The Kier molecular flexibility index (Phi) is 5.96. The second-order valence-electron chi connectivity index (χ2n) is 8.96. The quantitative estimate of drug-likeness (QED) is 0.618. The first-order valence-corrected chi connectivity index (χ1v) is 11.1. The van der Waals surface area contributed by atoms with Crippen LogP contribution in [0.2, 0.25) is 0 Å². The van der Waals surface area contributed by atoms with Crippen molar-refractivity contribution in [3.63, 3.8) is 0 Å². The van der Waals surface area contributed by atoms with Crippen LogP contribution in [0.5, 0.6) is 0 Å². The molecule has 0 aromatic carbocycles. The van der Waals surface area contributed by atoms with E-state index in [4.69, 9.17) is 9.72 Å². The second kappa shape index (κ2) is 8.63. The van der Waals surface area contributed by atoms with E-state index in [1.54, 1.807) is 0 Å². The minimum atomic E-state index is 0.0817. The van der Waals surface area contributed by atoms with E-state index in [2.05, 4.69) is 23.2 Å². The smallest absolute Gasteiger partial charge is 0.101 e. The summed E-state index contributed by atoms with van der Waals surface area (Å²) in [5.74, 6) is 0. The maximum atomic E-state index is 9.24. The third-order valence-electron chi connectivity index (χ3n) is 7.01. The van der Waals surface area contributed by atoms with Crippen molar-refractivity contribution in [2.45, 2.75) is 82.1 Å². The number of nitrogens with zero attached hydrogens (tertiary/aromatic N) is 3. The first-order valence-electron chi connectivity index (χ1n) is 11.1. The topological polar surface area (TPSA) is 58.8 Å². The van der Waals surface area contributed by atoms with Gasteiger partial charge in [0.15, 0.2) is 0 Å².